The molecule has 2 aromatic rings. The lowest BCUT2D eigenvalue weighted by atomic mass is 10.1. The Morgan fingerprint density at radius 3 is 2.79 bits per heavy atom. The van der Waals surface area contributed by atoms with Crippen molar-refractivity contribution in [3.63, 3.8) is 0 Å². The number of hydrogen-bond acceptors (Lipinski definition) is 4. The molecule has 0 spiro atoms. The Morgan fingerprint density at radius 2 is 2.21 bits per heavy atom. The van der Waals surface area contributed by atoms with Crippen LogP contribution in [0.5, 0.6) is 5.75 Å². The lowest BCUT2D eigenvalue weighted by molar-refractivity contribution is 0.259. The fraction of sp³-hybridized carbons (Fsp3) is 0.375. The monoisotopic (exact) mass is 335 g/mol. The minimum absolute atomic E-state index is 0.283. The highest BCUT2D eigenvalue weighted by Crippen LogP contribution is 2.34. The van der Waals surface area contributed by atoms with Gasteiger partial charge in [0, 0.05) is 24.8 Å². The van der Waals surface area contributed by atoms with Crippen LogP contribution in [0.4, 0.5) is 14.9 Å². The minimum atomic E-state index is -0.689. The fourth-order valence-electron chi connectivity index (χ4n) is 2.34. The molecule has 3 N–H and O–H groups in total. The number of halogens is 1. The third-order valence-corrected chi connectivity index (χ3v) is 3.40. The molecule has 24 heavy (non-hydrogen) atoms. The molecule has 8 heteroatoms. The van der Waals surface area contributed by atoms with Crippen molar-refractivity contribution < 1.29 is 13.9 Å². The standard InChI is InChI=1S/C16H22FN5O2/c1-21(2)7-4-8-24-14-6-5-11(20-16(18)23)9-12(14)15-13(17)10-19-22(15)3/h5-6,9-10H,4,7-8H2,1-3H3,(H3,18,20,23). The predicted molar refractivity (Wildman–Crippen MR) is 90.5 cm³/mol. The van der Waals surface area contributed by atoms with E-state index in [0.29, 0.717) is 23.6 Å². The molecule has 1 aromatic heterocycles. The van der Waals surface area contributed by atoms with E-state index in [0.717, 1.165) is 19.2 Å². The number of amides is 2. The van der Waals surface area contributed by atoms with Crippen LogP contribution in [0.2, 0.25) is 0 Å². The Morgan fingerprint density at radius 1 is 1.46 bits per heavy atom. The van der Waals surface area contributed by atoms with Crippen LogP contribution in [0.1, 0.15) is 6.42 Å². The third-order valence-electron chi connectivity index (χ3n) is 3.40. The van der Waals surface area contributed by atoms with Gasteiger partial charge in [0.05, 0.1) is 12.8 Å². The Balaban J connectivity index is 2.30. The number of carbonyl (C=O) groups excluding carboxylic acids is 1. The summed E-state index contributed by atoms with van der Waals surface area (Å²) in [4.78, 5) is 13.1. The number of carbonyl (C=O) groups is 1. The number of hydrogen-bond donors (Lipinski definition) is 2. The number of primary amides is 1. The summed E-state index contributed by atoms with van der Waals surface area (Å²) in [7, 11) is 5.61. The summed E-state index contributed by atoms with van der Waals surface area (Å²) in [6, 6.07) is 4.27. The van der Waals surface area contributed by atoms with Gasteiger partial charge in [-0.1, -0.05) is 0 Å². The van der Waals surface area contributed by atoms with Gasteiger partial charge >= 0.3 is 6.03 Å². The Labute approximate surface area is 140 Å². The molecule has 0 atom stereocenters. The molecular formula is C16H22FN5O2. The number of urea groups is 1. The van der Waals surface area contributed by atoms with Gasteiger partial charge < -0.3 is 20.7 Å². The summed E-state index contributed by atoms with van der Waals surface area (Å²) in [6.07, 6.45) is 1.97. The molecule has 0 saturated heterocycles. The third kappa shape index (κ3) is 4.45. The lowest BCUT2D eigenvalue weighted by Gasteiger charge is -2.15. The summed E-state index contributed by atoms with van der Waals surface area (Å²) >= 11 is 0. The lowest BCUT2D eigenvalue weighted by Crippen LogP contribution is -2.19. The summed E-state index contributed by atoms with van der Waals surface area (Å²) < 4.78 is 21.3. The summed E-state index contributed by atoms with van der Waals surface area (Å²) in [6.45, 7) is 1.38. The summed E-state index contributed by atoms with van der Waals surface area (Å²) in [5, 5.41) is 6.39. The van der Waals surface area contributed by atoms with E-state index in [2.05, 4.69) is 15.3 Å². The van der Waals surface area contributed by atoms with Crippen molar-refractivity contribution in [3.8, 4) is 17.0 Å². The van der Waals surface area contributed by atoms with Crippen LogP contribution in [-0.2, 0) is 7.05 Å². The minimum Gasteiger partial charge on any atom is -0.493 e. The summed E-state index contributed by atoms with van der Waals surface area (Å²) in [5.41, 5.74) is 6.38. The van der Waals surface area contributed by atoms with Gasteiger partial charge in [-0.15, -0.1) is 0 Å². The van der Waals surface area contributed by atoms with E-state index in [1.807, 2.05) is 14.1 Å². The van der Waals surface area contributed by atoms with Crippen LogP contribution >= 0.6 is 0 Å². The van der Waals surface area contributed by atoms with Crippen LogP contribution < -0.4 is 15.8 Å². The first-order chi connectivity index (χ1) is 11.4. The van der Waals surface area contributed by atoms with E-state index in [9.17, 15) is 9.18 Å². The number of rotatable bonds is 7. The van der Waals surface area contributed by atoms with Crippen molar-refractivity contribution in [1.29, 1.82) is 0 Å². The van der Waals surface area contributed by atoms with Crippen molar-refractivity contribution in [2.75, 3.05) is 32.6 Å². The normalized spacial score (nSPS) is 10.9. The molecule has 0 aliphatic carbocycles. The van der Waals surface area contributed by atoms with Crippen molar-refractivity contribution in [1.82, 2.24) is 14.7 Å². The van der Waals surface area contributed by atoms with Crippen LogP contribution in [0, 0.1) is 5.82 Å². The van der Waals surface area contributed by atoms with Gasteiger partial charge in [0.1, 0.15) is 11.4 Å². The number of nitrogens with one attached hydrogen (secondary N) is 1. The second-order valence-corrected chi connectivity index (χ2v) is 5.67. The SMILES string of the molecule is CN(C)CCCOc1ccc(NC(N)=O)cc1-c1c(F)cnn1C. The molecule has 7 nitrogen and oxygen atoms in total. The predicted octanol–water partition coefficient (Wildman–Crippen LogP) is 2.05. The average Bonchev–Trinajstić information content (AvgIpc) is 2.83. The van der Waals surface area contributed by atoms with E-state index in [-0.39, 0.29) is 5.69 Å². The molecule has 0 unspecified atom stereocenters. The van der Waals surface area contributed by atoms with Gasteiger partial charge in [-0.3, -0.25) is 4.68 Å². The molecule has 2 rings (SSSR count). The Hall–Kier alpha value is -2.61. The zero-order valence-electron chi connectivity index (χ0n) is 14.0. The van der Waals surface area contributed by atoms with E-state index >= 15 is 0 Å². The van der Waals surface area contributed by atoms with E-state index in [4.69, 9.17) is 10.5 Å². The second kappa shape index (κ2) is 7.78. The largest absolute Gasteiger partial charge is 0.493 e. The molecule has 130 valence electrons. The van der Waals surface area contributed by atoms with Gasteiger partial charge in [-0.2, -0.15) is 5.10 Å². The quantitative estimate of drug-likeness (QED) is 0.758. The van der Waals surface area contributed by atoms with Crippen LogP contribution in [-0.4, -0.2) is 48.0 Å². The van der Waals surface area contributed by atoms with E-state index in [1.165, 1.54) is 4.68 Å². The van der Waals surface area contributed by atoms with Crippen molar-refractivity contribution in [2.24, 2.45) is 12.8 Å². The number of nitrogens with two attached hydrogens (primary N) is 1. The number of benzene rings is 1. The van der Waals surface area contributed by atoms with Crippen molar-refractivity contribution in [2.45, 2.75) is 6.42 Å². The maximum Gasteiger partial charge on any atom is 0.316 e. The molecule has 0 aliphatic heterocycles. The highest BCUT2D eigenvalue weighted by Gasteiger charge is 2.17. The van der Waals surface area contributed by atoms with Crippen molar-refractivity contribution in [3.05, 3.63) is 30.2 Å². The number of anilines is 1. The zero-order chi connectivity index (χ0) is 17.7. The maximum atomic E-state index is 14.1. The van der Waals surface area contributed by atoms with Crippen molar-refractivity contribution >= 4 is 11.7 Å². The second-order valence-electron chi connectivity index (χ2n) is 5.67. The first kappa shape index (κ1) is 17.7. The Kier molecular flexibility index (Phi) is 5.75. The van der Waals surface area contributed by atoms with Gasteiger partial charge in [-0.05, 0) is 38.7 Å². The first-order valence-electron chi connectivity index (χ1n) is 7.54. The highest BCUT2D eigenvalue weighted by atomic mass is 19.1. The van der Waals surface area contributed by atoms with E-state index < -0.39 is 11.8 Å². The number of nitrogens with zero attached hydrogens (tertiary/aromatic N) is 3. The summed E-state index contributed by atoms with van der Waals surface area (Å²) in [5.74, 6) is 0.0538. The van der Waals surface area contributed by atoms with Gasteiger partial charge in [0.2, 0.25) is 0 Å². The average molecular weight is 335 g/mol. The first-order valence-corrected chi connectivity index (χ1v) is 7.54. The molecular weight excluding hydrogens is 313 g/mol. The smallest absolute Gasteiger partial charge is 0.316 e. The number of ether oxygens (including phenoxy) is 1. The molecule has 0 fully saturated rings. The molecule has 1 aromatic carbocycles. The molecule has 0 radical (unpaired) electrons. The maximum absolute atomic E-state index is 14.1. The number of aromatic nitrogens is 2. The molecule has 2 amide bonds. The van der Waals surface area contributed by atoms with Crippen LogP contribution in [0.15, 0.2) is 24.4 Å². The fourth-order valence-corrected chi connectivity index (χ4v) is 2.34. The van der Waals surface area contributed by atoms with Gasteiger partial charge in [-0.25, -0.2) is 9.18 Å². The molecule has 0 saturated carbocycles. The number of aryl methyl sites for hydroxylation is 1. The van der Waals surface area contributed by atoms with Crippen LogP contribution in [0.25, 0.3) is 11.3 Å². The Bertz CT molecular complexity index is 695. The molecule has 0 bridgehead atoms. The van der Waals surface area contributed by atoms with Crippen LogP contribution in [0.3, 0.4) is 0 Å². The van der Waals surface area contributed by atoms with E-state index in [1.54, 1.807) is 25.2 Å². The topological polar surface area (TPSA) is 85.4 Å². The zero-order valence-corrected chi connectivity index (χ0v) is 14.0. The van der Waals surface area contributed by atoms with Gasteiger partial charge in [0.15, 0.2) is 5.82 Å². The molecule has 0 aliphatic rings. The molecule has 1 heterocycles. The van der Waals surface area contributed by atoms with Gasteiger partial charge in [0.25, 0.3) is 0 Å². The highest BCUT2D eigenvalue weighted by molar-refractivity contribution is 5.89.